The van der Waals surface area contributed by atoms with Gasteiger partial charge in [-0.15, -0.1) is 6.58 Å². The smallest absolute Gasteiger partial charge is 0.355 e. The quantitative estimate of drug-likeness (QED) is 0.368. The second kappa shape index (κ2) is 9.22. The predicted molar refractivity (Wildman–Crippen MR) is 109 cm³/mol. The Bertz CT molecular complexity index is 774. The van der Waals surface area contributed by atoms with Crippen LogP contribution in [-0.2, 0) is 16.1 Å². The number of aromatic nitrogens is 1. The summed E-state index contributed by atoms with van der Waals surface area (Å²) < 4.78 is 7.01. The van der Waals surface area contributed by atoms with Crippen LogP contribution < -0.4 is 0 Å². The molecule has 0 aliphatic heterocycles. The van der Waals surface area contributed by atoms with Gasteiger partial charge in [0.2, 0.25) is 5.91 Å². The number of carbonyl (C=O) groups is 3. The summed E-state index contributed by atoms with van der Waals surface area (Å²) in [4.78, 5) is 40.3. The molecule has 28 heavy (non-hydrogen) atoms. The Kier molecular flexibility index (Phi) is 7.22. The third-order valence-corrected chi connectivity index (χ3v) is 5.71. The normalized spacial score (nSPS) is 14.9. The van der Waals surface area contributed by atoms with Crippen molar-refractivity contribution in [3.8, 4) is 0 Å². The van der Waals surface area contributed by atoms with Crippen molar-refractivity contribution >= 4 is 17.7 Å². The van der Waals surface area contributed by atoms with E-state index >= 15 is 0 Å². The van der Waals surface area contributed by atoms with Gasteiger partial charge in [0.05, 0.1) is 12.6 Å². The molecular formula is C22H32N2O4. The fourth-order valence-electron chi connectivity index (χ4n) is 3.93. The Labute approximate surface area is 167 Å². The molecular weight excluding hydrogens is 356 g/mol. The van der Waals surface area contributed by atoms with Gasteiger partial charge in [-0.1, -0.05) is 12.5 Å². The van der Waals surface area contributed by atoms with E-state index in [0.29, 0.717) is 29.9 Å². The first kappa shape index (κ1) is 21.9. The third-order valence-electron chi connectivity index (χ3n) is 5.71. The molecule has 1 aromatic heterocycles. The molecule has 6 heteroatoms. The molecule has 0 aromatic carbocycles. The number of Topliss-reactive ketones (excluding diaryl/α,β-unsaturated/α-hetero) is 1. The molecule has 0 saturated heterocycles. The summed E-state index contributed by atoms with van der Waals surface area (Å²) >= 11 is 0. The summed E-state index contributed by atoms with van der Waals surface area (Å²) in [6.45, 7) is 14.0. The highest BCUT2D eigenvalue weighted by Gasteiger charge is 2.36. The van der Waals surface area contributed by atoms with Gasteiger partial charge < -0.3 is 14.2 Å². The van der Waals surface area contributed by atoms with Gasteiger partial charge in [-0.25, -0.2) is 4.79 Å². The molecule has 0 N–H and O–H groups in total. The number of nitrogens with zero attached hydrogens (tertiary/aromatic N) is 2. The minimum Gasteiger partial charge on any atom is -0.461 e. The Morgan fingerprint density at radius 1 is 1.29 bits per heavy atom. The summed E-state index contributed by atoms with van der Waals surface area (Å²) in [5.74, 6) is -0.553. The maximum absolute atomic E-state index is 13.4. The average Bonchev–Trinajstić information content (AvgIpc) is 2.86. The van der Waals surface area contributed by atoms with Gasteiger partial charge in [-0.2, -0.15) is 0 Å². The van der Waals surface area contributed by atoms with Gasteiger partial charge in [0, 0.05) is 30.3 Å². The molecule has 2 rings (SSSR count). The third kappa shape index (κ3) is 3.91. The zero-order chi connectivity index (χ0) is 21.0. The monoisotopic (exact) mass is 388 g/mol. The number of rotatable bonds is 9. The van der Waals surface area contributed by atoms with E-state index in [0.717, 1.165) is 25.0 Å². The standard InChI is InChI=1S/C22H32N2O4/c1-7-13-24(21(26)17-11-10-12-17)16(6)20(25)18-14(4)19(22(27)28-9-3)23(8-2)15(18)5/h7,16-17H,1,8-13H2,2-6H3. The highest BCUT2D eigenvalue weighted by atomic mass is 16.5. The van der Waals surface area contributed by atoms with Crippen LogP contribution in [0.25, 0.3) is 0 Å². The molecule has 0 bridgehead atoms. The van der Waals surface area contributed by atoms with E-state index in [1.807, 2.05) is 18.4 Å². The highest BCUT2D eigenvalue weighted by Crippen LogP contribution is 2.30. The molecule has 1 amide bonds. The first-order valence-corrected chi connectivity index (χ1v) is 10.1. The van der Waals surface area contributed by atoms with E-state index in [2.05, 4.69) is 6.58 Å². The molecule has 1 aromatic rings. The summed E-state index contributed by atoms with van der Waals surface area (Å²) in [5, 5.41) is 0. The molecule has 6 nitrogen and oxygen atoms in total. The summed E-state index contributed by atoms with van der Waals surface area (Å²) in [5.41, 5.74) is 2.27. The lowest BCUT2D eigenvalue weighted by Crippen LogP contribution is -2.47. The van der Waals surface area contributed by atoms with Crippen molar-refractivity contribution in [2.75, 3.05) is 13.2 Å². The van der Waals surface area contributed by atoms with Gasteiger partial charge in [0.25, 0.3) is 0 Å². The summed E-state index contributed by atoms with van der Waals surface area (Å²) in [6.07, 6.45) is 4.47. The van der Waals surface area contributed by atoms with Gasteiger partial charge in [-0.05, 0) is 53.0 Å². The van der Waals surface area contributed by atoms with E-state index in [1.165, 1.54) is 0 Å². The molecule has 1 aliphatic carbocycles. The first-order chi connectivity index (χ1) is 13.3. The van der Waals surface area contributed by atoms with E-state index in [-0.39, 0.29) is 24.2 Å². The fourth-order valence-corrected chi connectivity index (χ4v) is 3.93. The molecule has 0 spiro atoms. The van der Waals surface area contributed by atoms with Crippen LogP contribution in [0, 0.1) is 19.8 Å². The molecule has 1 fully saturated rings. The van der Waals surface area contributed by atoms with Crippen LogP contribution in [0.15, 0.2) is 12.7 Å². The van der Waals surface area contributed by atoms with Crippen LogP contribution in [0.4, 0.5) is 0 Å². The van der Waals surface area contributed by atoms with Crippen molar-refractivity contribution in [1.82, 2.24) is 9.47 Å². The summed E-state index contributed by atoms with van der Waals surface area (Å²) in [7, 11) is 0. The van der Waals surface area contributed by atoms with Crippen LogP contribution in [0.3, 0.4) is 0 Å². The van der Waals surface area contributed by atoms with Crippen molar-refractivity contribution < 1.29 is 19.1 Å². The number of esters is 1. The van der Waals surface area contributed by atoms with Crippen LogP contribution in [0.1, 0.15) is 72.1 Å². The molecule has 1 aliphatic rings. The fraction of sp³-hybridized carbons (Fsp3) is 0.591. The minimum atomic E-state index is -0.619. The SMILES string of the molecule is C=CCN(C(=O)C1CCC1)C(C)C(=O)c1c(C)c(C(=O)OCC)n(CC)c1C. The first-order valence-electron chi connectivity index (χ1n) is 10.1. The number of carbonyl (C=O) groups excluding carboxylic acids is 3. The van der Waals surface area contributed by atoms with Gasteiger partial charge in [0.15, 0.2) is 5.78 Å². The van der Waals surface area contributed by atoms with Crippen LogP contribution in [0.2, 0.25) is 0 Å². The lowest BCUT2D eigenvalue weighted by atomic mass is 9.84. The van der Waals surface area contributed by atoms with Crippen LogP contribution in [-0.4, -0.2) is 46.3 Å². The minimum absolute atomic E-state index is 0.00715. The Morgan fingerprint density at radius 3 is 2.39 bits per heavy atom. The van der Waals surface area contributed by atoms with Gasteiger partial charge in [-0.3, -0.25) is 9.59 Å². The average molecular weight is 389 g/mol. The predicted octanol–water partition coefficient (Wildman–Crippen LogP) is 3.69. The molecule has 1 heterocycles. The van der Waals surface area contributed by atoms with E-state index < -0.39 is 12.0 Å². The van der Waals surface area contributed by atoms with E-state index in [4.69, 9.17) is 4.74 Å². The molecule has 154 valence electrons. The maximum atomic E-state index is 13.4. The second-order valence-corrected chi connectivity index (χ2v) is 7.35. The molecule has 1 atom stereocenters. The number of ketones is 1. The molecule has 1 saturated carbocycles. The van der Waals surface area contributed by atoms with E-state index in [9.17, 15) is 14.4 Å². The highest BCUT2D eigenvalue weighted by molar-refractivity contribution is 6.06. The number of hydrogen-bond acceptors (Lipinski definition) is 4. The molecule has 0 radical (unpaired) electrons. The topological polar surface area (TPSA) is 68.6 Å². The number of ether oxygens (including phenoxy) is 1. The maximum Gasteiger partial charge on any atom is 0.355 e. The Morgan fingerprint density at radius 2 is 1.93 bits per heavy atom. The van der Waals surface area contributed by atoms with E-state index in [1.54, 1.807) is 31.7 Å². The van der Waals surface area contributed by atoms with Gasteiger partial charge >= 0.3 is 5.97 Å². The lowest BCUT2D eigenvalue weighted by molar-refractivity contribution is -0.138. The Balaban J connectivity index is 2.42. The zero-order valence-corrected chi connectivity index (χ0v) is 17.7. The second-order valence-electron chi connectivity index (χ2n) is 7.35. The van der Waals surface area contributed by atoms with Crippen LogP contribution >= 0.6 is 0 Å². The van der Waals surface area contributed by atoms with Crippen molar-refractivity contribution in [3.05, 3.63) is 35.2 Å². The van der Waals surface area contributed by atoms with Crippen molar-refractivity contribution in [2.24, 2.45) is 5.92 Å². The summed E-state index contributed by atoms with van der Waals surface area (Å²) in [6, 6.07) is -0.619. The number of hydrogen-bond donors (Lipinski definition) is 0. The van der Waals surface area contributed by atoms with Crippen LogP contribution in [0.5, 0.6) is 0 Å². The van der Waals surface area contributed by atoms with Crippen molar-refractivity contribution in [3.63, 3.8) is 0 Å². The van der Waals surface area contributed by atoms with Crippen molar-refractivity contribution in [2.45, 2.75) is 66.5 Å². The lowest BCUT2D eigenvalue weighted by Gasteiger charge is -2.34. The number of amides is 1. The Hall–Kier alpha value is -2.37. The van der Waals surface area contributed by atoms with Gasteiger partial charge in [0.1, 0.15) is 5.69 Å². The zero-order valence-electron chi connectivity index (χ0n) is 17.7. The largest absolute Gasteiger partial charge is 0.461 e. The van der Waals surface area contributed by atoms with Crippen molar-refractivity contribution in [1.29, 1.82) is 0 Å². The molecule has 1 unspecified atom stereocenters.